The van der Waals surface area contributed by atoms with E-state index >= 15 is 0 Å². The zero-order chi connectivity index (χ0) is 12.8. The second-order valence-electron chi connectivity index (χ2n) is 3.87. The first-order valence-corrected chi connectivity index (χ1v) is 6.33. The zero-order valence-corrected chi connectivity index (χ0v) is 10.9. The third kappa shape index (κ3) is 3.94. The molecule has 0 saturated carbocycles. The number of hydrogen-bond donors (Lipinski definition) is 3. The lowest BCUT2D eigenvalue weighted by Crippen LogP contribution is -2.13. The molecule has 94 valence electrons. The molecule has 0 bridgehead atoms. The van der Waals surface area contributed by atoms with E-state index in [2.05, 4.69) is 0 Å². The lowest BCUT2D eigenvalue weighted by atomic mass is 10.2. The van der Waals surface area contributed by atoms with Gasteiger partial charge in [-0.25, -0.2) is 0 Å². The van der Waals surface area contributed by atoms with Crippen molar-refractivity contribution in [2.75, 3.05) is 19.5 Å². The predicted molar refractivity (Wildman–Crippen MR) is 71.0 cm³/mol. The van der Waals surface area contributed by atoms with Gasteiger partial charge in [0.25, 0.3) is 0 Å². The Morgan fingerprint density at radius 2 is 2.29 bits per heavy atom. The number of methoxy groups -OCH3 is 1. The molecule has 4 N–H and O–H groups in total. The minimum absolute atomic E-state index is 0.0480. The maximum absolute atomic E-state index is 8.99. The van der Waals surface area contributed by atoms with E-state index in [-0.39, 0.29) is 18.4 Å². The average Bonchev–Trinajstić information content (AvgIpc) is 2.35. The van der Waals surface area contributed by atoms with Crippen molar-refractivity contribution in [2.45, 2.75) is 11.8 Å². The van der Waals surface area contributed by atoms with Crippen LogP contribution in [0.5, 0.6) is 5.75 Å². The Labute approximate surface area is 106 Å². The molecule has 17 heavy (non-hydrogen) atoms. The van der Waals surface area contributed by atoms with E-state index in [1.165, 1.54) is 0 Å². The molecule has 1 aromatic carbocycles. The Morgan fingerprint density at radius 1 is 1.59 bits per heavy atom. The Bertz CT molecular complexity index is 396. The average molecular weight is 254 g/mol. The second-order valence-corrected chi connectivity index (χ2v) is 4.94. The number of benzene rings is 1. The summed E-state index contributed by atoms with van der Waals surface area (Å²) in [5.74, 6) is 1.79. The lowest BCUT2D eigenvalue weighted by Gasteiger charge is -2.12. The van der Waals surface area contributed by atoms with Crippen molar-refractivity contribution in [3.05, 3.63) is 23.8 Å². The number of aliphatic hydroxyl groups excluding tert-OH is 1. The van der Waals surface area contributed by atoms with Gasteiger partial charge in [0.15, 0.2) is 0 Å². The molecule has 0 amide bonds. The summed E-state index contributed by atoms with van der Waals surface area (Å²) in [6.07, 6.45) is 0. The van der Waals surface area contributed by atoms with Gasteiger partial charge in [-0.3, -0.25) is 5.41 Å². The van der Waals surface area contributed by atoms with Crippen LogP contribution in [-0.2, 0) is 0 Å². The molecule has 1 aromatic rings. The standard InChI is InChI=1S/C12H18N2O2S/c1-8(6-15)7-17-11-5-9(16-2)3-4-10(11)12(13)14/h3-5,8,15H,6-7H2,1-2H3,(H3,13,14). The summed E-state index contributed by atoms with van der Waals surface area (Å²) in [6.45, 7) is 2.13. The van der Waals surface area contributed by atoms with Crippen LogP contribution < -0.4 is 10.5 Å². The Hall–Kier alpha value is -1.20. The first-order valence-electron chi connectivity index (χ1n) is 5.34. The third-order valence-corrected chi connectivity index (χ3v) is 3.70. The number of ether oxygens (including phenoxy) is 1. The summed E-state index contributed by atoms with van der Waals surface area (Å²) in [4.78, 5) is 0.914. The Kier molecular flexibility index (Phi) is 5.31. The van der Waals surface area contributed by atoms with Gasteiger partial charge in [-0.2, -0.15) is 0 Å². The molecule has 0 heterocycles. The zero-order valence-electron chi connectivity index (χ0n) is 10.1. The number of amidine groups is 1. The van der Waals surface area contributed by atoms with Crippen LogP contribution in [-0.4, -0.2) is 30.4 Å². The number of nitrogens with two attached hydrogens (primary N) is 1. The van der Waals surface area contributed by atoms with Crippen molar-refractivity contribution >= 4 is 17.6 Å². The minimum Gasteiger partial charge on any atom is -0.497 e. The molecule has 0 fully saturated rings. The summed E-state index contributed by atoms with van der Waals surface area (Å²) in [6, 6.07) is 5.44. The quantitative estimate of drug-likeness (QED) is 0.410. The van der Waals surface area contributed by atoms with Crippen LogP contribution in [0.25, 0.3) is 0 Å². The molecule has 1 rings (SSSR count). The SMILES string of the molecule is COc1ccc(C(=N)N)c(SCC(C)CO)c1. The molecule has 4 nitrogen and oxygen atoms in total. The molecule has 0 aliphatic heterocycles. The number of nitrogens with one attached hydrogen (secondary N) is 1. The maximum atomic E-state index is 8.99. The number of aliphatic hydroxyl groups is 1. The van der Waals surface area contributed by atoms with E-state index in [4.69, 9.17) is 21.0 Å². The van der Waals surface area contributed by atoms with Gasteiger partial charge < -0.3 is 15.6 Å². The van der Waals surface area contributed by atoms with E-state index in [1.807, 2.05) is 13.0 Å². The highest BCUT2D eigenvalue weighted by molar-refractivity contribution is 7.99. The number of rotatable bonds is 6. The third-order valence-electron chi connectivity index (χ3n) is 2.31. The van der Waals surface area contributed by atoms with Gasteiger partial charge in [0, 0.05) is 22.8 Å². The molecule has 0 radical (unpaired) electrons. The van der Waals surface area contributed by atoms with Gasteiger partial charge in [-0.05, 0) is 24.1 Å². The van der Waals surface area contributed by atoms with Gasteiger partial charge in [-0.1, -0.05) is 6.92 Å². The molecule has 0 aliphatic rings. The molecule has 1 unspecified atom stereocenters. The first-order chi connectivity index (χ1) is 8.08. The van der Waals surface area contributed by atoms with Crippen LogP contribution in [0.15, 0.2) is 23.1 Å². The van der Waals surface area contributed by atoms with Gasteiger partial charge in [0.2, 0.25) is 0 Å². The molecule has 0 aliphatic carbocycles. The van der Waals surface area contributed by atoms with E-state index in [0.29, 0.717) is 5.56 Å². The largest absolute Gasteiger partial charge is 0.497 e. The predicted octanol–water partition coefficient (Wildman–Crippen LogP) is 1.70. The summed E-state index contributed by atoms with van der Waals surface area (Å²) < 4.78 is 5.15. The molecule has 0 saturated heterocycles. The smallest absolute Gasteiger partial charge is 0.123 e. The molecular formula is C12H18N2O2S. The van der Waals surface area contributed by atoms with Crippen LogP contribution >= 0.6 is 11.8 Å². The Balaban J connectivity index is 2.89. The fraction of sp³-hybridized carbons (Fsp3) is 0.417. The fourth-order valence-electron chi connectivity index (χ4n) is 1.26. The highest BCUT2D eigenvalue weighted by Crippen LogP contribution is 2.28. The number of hydrogen-bond acceptors (Lipinski definition) is 4. The first kappa shape index (κ1) is 13.9. The highest BCUT2D eigenvalue weighted by atomic mass is 32.2. The molecule has 5 heteroatoms. The van der Waals surface area contributed by atoms with Crippen molar-refractivity contribution < 1.29 is 9.84 Å². The van der Waals surface area contributed by atoms with Crippen LogP contribution in [0.4, 0.5) is 0 Å². The molecular weight excluding hydrogens is 236 g/mol. The van der Waals surface area contributed by atoms with E-state index in [9.17, 15) is 0 Å². The van der Waals surface area contributed by atoms with E-state index in [0.717, 1.165) is 16.4 Å². The highest BCUT2D eigenvalue weighted by Gasteiger charge is 2.09. The minimum atomic E-state index is 0.0480. The number of thioether (sulfide) groups is 1. The van der Waals surface area contributed by atoms with Crippen LogP contribution in [0.2, 0.25) is 0 Å². The summed E-state index contributed by atoms with van der Waals surface area (Å²) >= 11 is 1.58. The molecule has 1 atom stereocenters. The second kappa shape index (κ2) is 6.51. The van der Waals surface area contributed by atoms with Gasteiger partial charge in [-0.15, -0.1) is 11.8 Å². The topological polar surface area (TPSA) is 79.3 Å². The van der Waals surface area contributed by atoms with Crippen LogP contribution in [0.3, 0.4) is 0 Å². The van der Waals surface area contributed by atoms with Crippen LogP contribution in [0, 0.1) is 11.3 Å². The lowest BCUT2D eigenvalue weighted by molar-refractivity contribution is 0.250. The Morgan fingerprint density at radius 3 is 2.82 bits per heavy atom. The van der Waals surface area contributed by atoms with Crippen LogP contribution in [0.1, 0.15) is 12.5 Å². The van der Waals surface area contributed by atoms with E-state index in [1.54, 1.807) is 31.0 Å². The normalized spacial score (nSPS) is 12.2. The van der Waals surface area contributed by atoms with Crippen molar-refractivity contribution in [1.29, 1.82) is 5.41 Å². The molecule has 0 aromatic heterocycles. The van der Waals surface area contributed by atoms with E-state index < -0.39 is 0 Å². The van der Waals surface area contributed by atoms with Gasteiger partial charge >= 0.3 is 0 Å². The molecule has 0 spiro atoms. The summed E-state index contributed by atoms with van der Waals surface area (Å²) in [5.41, 5.74) is 6.23. The fourth-order valence-corrected chi connectivity index (χ4v) is 2.36. The van der Waals surface area contributed by atoms with Crippen molar-refractivity contribution in [1.82, 2.24) is 0 Å². The van der Waals surface area contributed by atoms with Gasteiger partial charge in [0.1, 0.15) is 11.6 Å². The summed E-state index contributed by atoms with van der Waals surface area (Å²) in [7, 11) is 1.60. The van der Waals surface area contributed by atoms with Crippen molar-refractivity contribution in [3.8, 4) is 5.75 Å². The monoisotopic (exact) mass is 254 g/mol. The van der Waals surface area contributed by atoms with Gasteiger partial charge in [0.05, 0.1) is 7.11 Å². The van der Waals surface area contributed by atoms with Crippen molar-refractivity contribution in [2.24, 2.45) is 11.7 Å². The maximum Gasteiger partial charge on any atom is 0.123 e. The van der Waals surface area contributed by atoms with Crippen molar-refractivity contribution in [3.63, 3.8) is 0 Å². The summed E-state index contributed by atoms with van der Waals surface area (Å²) in [5, 5.41) is 16.5. The number of nitrogen functional groups attached to an aromatic ring is 1.